The summed E-state index contributed by atoms with van der Waals surface area (Å²) >= 11 is 0. The molecule has 7 heteroatoms. The van der Waals surface area contributed by atoms with Gasteiger partial charge in [-0.15, -0.1) is 5.10 Å². The monoisotopic (exact) mass is 295 g/mol. The number of rotatable bonds is 6. The summed E-state index contributed by atoms with van der Waals surface area (Å²) < 4.78 is 5.17. The molecule has 0 spiro atoms. The zero-order valence-electron chi connectivity index (χ0n) is 12.8. The summed E-state index contributed by atoms with van der Waals surface area (Å²) in [6, 6.07) is 0.930. The van der Waals surface area contributed by atoms with E-state index in [2.05, 4.69) is 27.3 Å². The highest BCUT2D eigenvalue weighted by molar-refractivity contribution is 5.90. The maximum Gasteiger partial charge on any atom is 0.322 e. The Labute approximate surface area is 125 Å². The van der Waals surface area contributed by atoms with Crippen molar-refractivity contribution >= 4 is 11.9 Å². The SMILES string of the molecule is CCCN(CC(=O)Nc1nnc(C)o1)C1CCC(N)CC1. The average molecular weight is 295 g/mol. The van der Waals surface area contributed by atoms with E-state index in [1.807, 2.05) is 0 Å². The first-order valence-corrected chi connectivity index (χ1v) is 7.68. The second-order valence-corrected chi connectivity index (χ2v) is 5.71. The highest BCUT2D eigenvalue weighted by atomic mass is 16.4. The molecule has 1 aromatic heterocycles. The lowest BCUT2D eigenvalue weighted by Gasteiger charge is -2.35. The van der Waals surface area contributed by atoms with E-state index in [1.54, 1.807) is 6.92 Å². The van der Waals surface area contributed by atoms with Crippen LogP contribution in [0, 0.1) is 6.92 Å². The van der Waals surface area contributed by atoms with Crippen LogP contribution < -0.4 is 11.1 Å². The molecule has 1 aliphatic rings. The van der Waals surface area contributed by atoms with Crippen LogP contribution in [0.15, 0.2) is 4.42 Å². The summed E-state index contributed by atoms with van der Waals surface area (Å²) in [5.41, 5.74) is 5.95. The first-order valence-electron chi connectivity index (χ1n) is 7.68. The molecule has 0 atom stereocenters. The fraction of sp³-hybridized carbons (Fsp3) is 0.786. The molecular formula is C14H25N5O2. The van der Waals surface area contributed by atoms with Crippen molar-refractivity contribution in [1.82, 2.24) is 15.1 Å². The number of carbonyl (C=O) groups excluding carboxylic acids is 1. The van der Waals surface area contributed by atoms with Gasteiger partial charge in [0.15, 0.2) is 0 Å². The lowest BCUT2D eigenvalue weighted by molar-refractivity contribution is -0.118. The van der Waals surface area contributed by atoms with Crippen LogP contribution in [0.2, 0.25) is 0 Å². The van der Waals surface area contributed by atoms with Crippen molar-refractivity contribution in [2.45, 2.75) is 58.0 Å². The standard InChI is InChI=1S/C14H25N5O2/c1-3-8-19(12-6-4-11(15)5-7-12)9-13(20)16-14-18-17-10(2)21-14/h11-12H,3-9,15H2,1-2H3,(H,16,18,20). The Bertz CT molecular complexity index is 454. The number of amides is 1. The number of aromatic nitrogens is 2. The zero-order valence-corrected chi connectivity index (χ0v) is 12.8. The molecule has 21 heavy (non-hydrogen) atoms. The second kappa shape index (κ2) is 7.51. The Morgan fingerprint density at radius 2 is 2.10 bits per heavy atom. The molecule has 0 aliphatic heterocycles. The van der Waals surface area contributed by atoms with Crippen LogP contribution in [0.25, 0.3) is 0 Å². The van der Waals surface area contributed by atoms with E-state index in [-0.39, 0.29) is 11.9 Å². The van der Waals surface area contributed by atoms with Crippen LogP contribution in [0.3, 0.4) is 0 Å². The van der Waals surface area contributed by atoms with Gasteiger partial charge in [-0.2, -0.15) is 0 Å². The number of hydrogen-bond acceptors (Lipinski definition) is 6. The number of aryl methyl sites for hydroxylation is 1. The Balaban J connectivity index is 1.87. The van der Waals surface area contributed by atoms with E-state index < -0.39 is 0 Å². The molecule has 0 bridgehead atoms. The first kappa shape index (κ1) is 15.9. The van der Waals surface area contributed by atoms with Crippen molar-refractivity contribution in [2.75, 3.05) is 18.4 Å². The summed E-state index contributed by atoms with van der Waals surface area (Å²) in [6.07, 6.45) is 5.22. The van der Waals surface area contributed by atoms with E-state index >= 15 is 0 Å². The second-order valence-electron chi connectivity index (χ2n) is 5.71. The highest BCUT2D eigenvalue weighted by Gasteiger charge is 2.25. The van der Waals surface area contributed by atoms with E-state index in [1.165, 1.54) is 0 Å². The summed E-state index contributed by atoms with van der Waals surface area (Å²) in [4.78, 5) is 14.3. The Kier molecular flexibility index (Phi) is 5.69. The highest BCUT2D eigenvalue weighted by Crippen LogP contribution is 2.22. The lowest BCUT2D eigenvalue weighted by Crippen LogP contribution is -2.44. The van der Waals surface area contributed by atoms with Crippen molar-refractivity contribution in [3.05, 3.63) is 5.89 Å². The molecule has 2 rings (SSSR count). The minimum Gasteiger partial charge on any atom is -0.408 e. The third-order valence-corrected chi connectivity index (χ3v) is 3.89. The molecule has 0 aromatic carbocycles. The number of hydrogen-bond donors (Lipinski definition) is 2. The molecule has 1 aliphatic carbocycles. The molecule has 0 unspecified atom stereocenters. The van der Waals surface area contributed by atoms with Crippen LogP contribution >= 0.6 is 0 Å². The van der Waals surface area contributed by atoms with Crippen molar-refractivity contribution in [3.63, 3.8) is 0 Å². The van der Waals surface area contributed by atoms with Gasteiger partial charge in [-0.05, 0) is 38.6 Å². The predicted octanol–water partition coefficient (Wildman–Crippen LogP) is 1.30. The molecule has 7 nitrogen and oxygen atoms in total. The predicted molar refractivity (Wildman–Crippen MR) is 79.8 cm³/mol. The number of carbonyl (C=O) groups is 1. The normalized spacial score (nSPS) is 22.5. The van der Waals surface area contributed by atoms with Gasteiger partial charge in [-0.25, -0.2) is 0 Å². The van der Waals surface area contributed by atoms with Gasteiger partial charge in [0, 0.05) is 19.0 Å². The number of nitrogens with zero attached hydrogens (tertiary/aromatic N) is 3. The van der Waals surface area contributed by atoms with Gasteiger partial charge in [0.25, 0.3) is 0 Å². The van der Waals surface area contributed by atoms with Gasteiger partial charge in [0.1, 0.15) is 0 Å². The molecular weight excluding hydrogens is 270 g/mol. The quantitative estimate of drug-likeness (QED) is 0.821. The minimum atomic E-state index is -0.109. The Hall–Kier alpha value is -1.47. The molecule has 1 aromatic rings. The van der Waals surface area contributed by atoms with Crippen LogP contribution in [0.5, 0.6) is 0 Å². The van der Waals surface area contributed by atoms with Crippen LogP contribution in [0.4, 0.5) is 6.01 Å². The molecule has 0 radical (unpaired) electrons. The third-order valence-electron chi connectivity index (χ3n) is 3.89. The van der Waals surface area contributed by atoms with Gasteiger partial charge in [-0.1, -0.05) is 12.0 Å². The maximum atomic E-state index is 12.1. The van der Waals surface area contributed by atoms with Gasteiger partial charge >= 0.3 is 6.01 Å². The van der Waals surface area contributed by atoms with Crippen molar-refractivity contribution in [3.8, 4) is 0 Å². The average Bonchev–Trinajstić information content (AvgIpc) is 2.84. The summed E-state index contributed by atoms with van der Waals surface area (Å²) in [5, 5.41) is 10.1. The summed E-state index contributed by atoms with van der Waals surface area (Å²) in [6.45, 7) is 5.09. The molecule has 1 fully saturated rings. The van der Waals surface area contributed by atoms with E-state index in [0.29, 0.717) is 24.5 Å². The number of nitrogens with two attached hydrogens (primary N) is 1. The van der Waals surface area contributed by atoms with E-state index in [9.17, 15) is 4.79 Å². The van der Waals surface area contributed by atoms with Crippen LogP contribution in [0.1, 0.15) is 44.9 Å². The van der Waals surface area contributed by atoms with Crippen LogP contribution in [-0.4, -0.2) is 46.2 Å². The summed E-state index contributed by atoms with van der Waals surface area (Å²) in [7, 11) is 0. The van der Waals surface area contributed by atoms with Crippen molar-refractivity contribution in [2.24, 2.45) is 5.73 Å². The zero-order chi connectivity index (χ0) is 15.2. The fourth-order valence-corrected chi connectivity index (χ4v) is 2.84. The smallest absolute Gasteiger partial charge is 0.322 e. The Morgan fingerprint density at radius 3 is 2.67 bits per heavy atom. The topological polar surface area (TPSA) is 97.3 Å². The molecule has 1 heterocycles. The first-order chi connectivity index (χ1) is 10.1. The van der Waals surface area contributed by atoms with Crippen molar-refractivity contribution in [1.29, 1.82) is 0 Å². The maximum absolute atomic E-state index is 12.1. The number of nitrogens with one attached hydrogen (secondary N) is 1. The Morgan fingerprint density at radius 1 is 1.38 bits per heavy atom. The lowest BCUT2D eigenvalue weighted by atomic mass is 9.90. The minimum absolute atomic E-state index is 0.109. The molecule has 0 saturated heterocycles. The van der Waals surface area contributed by atoms with Gasteiger partial charge in [0.05, 0.1) is 6.54 Å². The summed E-state index contributed by atoms with van der Waals surface area (Å²) in [5.74, 6) is 0.332. The van der Waals surface area contributed by atoms with Gasteiger partial charge in [0.2, 0.25) is 11.8 Å². The van der Waals surface area contributed by atoms with Gasteiger partial charge < -0.3 is 10.2 Å². The third kappa shape index (κ3) is 4.78. The molecule has 3 N–H and O–H groups in total. The van der Waals surface area contributed by atoms with Gasteiger partial charge in [-0.3, -0.25) is 15.0 Å². The molecule has 118 valence electrons. The molecule has 1 saturated carbocycles. The van der Waals surface area contributed by atoms with Crippen LogP contribution in [-0.2, 0) is 4.79 Å². The fourth-order valence-electron chi connectivity index (χ4n) is 2.84. The number of anilines is 1. The van der Waals surface area contributed by atoms with E-state index in [4.69, 9.17) is 10.2 Å². The van der Waals surface area contributed by atoms with E-state index in [0.717, 1.165) is 38.6 Å². The molecule has 1 amide bonds. The largest absolute Gasteiger partial charge is 0.408 e. The van der Waals surface area contributed by atoms with Crippen molar-refractivity contribution < 1.29 is 9.21 Å².